The van der Waals surface area contributed by atoms with Gasteiger partial charge < -0.3 is 14.9 Å². The van der Waals surface area contributed by atoms with E-state index in [0.717, 1.165) is 38.8 Å². The molecular weight excluding hydrogens is 300 g/mol. The average molecular weight is 330 g/mol. The summed E-state index contributed by atoms with van der Waals surface area (Å²) in [6.45, 7) is 5.71. The van der Waals surface area contributed by atoms with Gasteiger partial charge in [0.25, 0.3) is 0 Å². The van der Waals surface area contributed by atoms with Gasteiger partial charge in [-0.3, -0.25) is 4.79 Å². The zero-order valence-electron chi connectivity index (χ0n) is 14.9. The van der Waals surface area contributed by atoms with Crippen molar-refractivity contribution in [2.45, 2.75) is 70.6 Å². The Balaban J connectivity index is 1.62. The van der Waals surface area contributed by atoms with Crippen LogP contribution < -0.4 is 4.90 Å². The third kappa shape index (κ3) is 3.75. The molecule has 0 saturated carbocycles. The van der Waals surface area contributed by atoms with E-state index in [1.54, 1.807) is 0 Å². The van der Waals surface area contributed by atoms with E-state index in [0.29, 0.717) is 18.9 Å². The van der Waals surface area contributed by atoms with Gasteiger partial charge in [0, 0.05) is 37.3 Å². The Morgan fingerprint density at radius 3 is 2.92 bits per heavy atom. The first kappa shape index (κ1) is 17.3. The molecule has 1 aromatic rings. The fourth-order valence-corrected chi connectivity index (χ4v) is 4.26. The number of para-hydroxylation sites is 1. The maximum absolute atomic E-state index is 12.7. The number of anilines is 1. The molecular formula is C20H30N2O2. The lowest BCUT2D eigenvalue weighted by Crippen LogP contribution is -2.42. The number of amides is 1. The molecule has 0 bridgehead atoms. The molecule has 0 spiro atoms. The normalized spacial score (nSPS) is 24.8. The summed E-state index contributed by atoms with van der Waals surface area (Å²) in [4.78, 5) is 17.1. The van der Waals surface area contributed by atoms with Gasteiger partial charge in [0.05, 0.1) is 6.10 Å². The summed E-state index contributed by atoms with van der Waals surface area (Å²) in [7, 11) is 0. The lowest BCUT2D eigenvalue weighted by molar-refractivity contribution is -0.132. The van der Waals surface area contributed by atoms with Crippen LogP contribution >= 0.6 is 0 Å². The second-order valence-corrected chi connectivity index (χ2v) is 7.43. The summed E-state index contributed by atoms with van der Waals surface area (Å²) < 4.78 is 0. The molecule has 2 heterocycles. The lowest BCUT2D eigenvalue weighted by Gasteiger charge is -2.37. The van der Waals surface area contributed by atoms with Gasteiger partial charge in [-0.2, -0.15) is 0 Å². The highest BCUT2D eigenvalue weighted by Crippen LogP contribution is 2.31. The second-order valence-electron chi connectivity index (χ2n) is 7.43. The molecule has 0 unspecified atom stereocenters. The van der Waals surface area contributed by atoms with Gasteiger partial charge in [-0.1, -0.05) is 18.2 Å². The number of hydrogen-bond acceptors (Lipinski definition) is 3. The zero-order valence-corrected chi connectivity index (χ0v) is 14.9. The molecule has 0 radical (unpaired) electrons. The van der Waals surface area contributed by atoms with Crippen molar-refractivity contribution in [2.75, 3.05) is 18.0 Å². The van der Waals surface area contributed by atoms with Gasteiger partial charge in [-0.25, -0.2) is 0 Å². The number of nitrogens with zero attached hydrogens (tertiary/aromatic N) is 2. The fraction of sp³-hybridized carbons (Fsp3) is 0.650. The highest BCUT2D eigenvalue weighted by atomic mass is 16.3. The lowest BCUT2D eigenvalue weighted by atomic mass is 9.96. The molecule has 4 heteroatoms. The van der Waals surface area contributed by atoms with Crippen molar-refractivity contribution in [2.24, 2.45) is 0 Å². The van der Waals surface area contributed by atoms with Gasteiger partial charge in [-0.05, 0) is 57.6 Å². The van der Waals surface area contributed by atoms with Crippen molar-refractivity contribution < 1.29 is 9.90 Å². The SMILES string of the molecule is C[C@H](O)C[C@@H]1CCCN1C(=O)CCN1c2ccccc2CC[C@H]1C. The standard InChI is InChI=1S/C20H30N2O2/c1-15-9-10-17-6-3-4-8-19(17)21(15)13-11-20(24)22-12-5-7-18(22)14-16(2)23/h3-4,6,8,15-16,18,23H,5,7,9-14H2,1-2H3/t15-,16+,18+/m1/s1. The van der Waals surface area contributed by atoms with Crippen LogP contribution in [0.25, 0.3) is 0 Å². The van der Waals surface area contributed by atoms with Crippen LogP contribution in [0.1, 0.15) is 51.5 Å². The number of likely N-dealkylation sites (tertiary alicyclic amines) is 1. The van der Waals surface area contributed by atoms with Crippen molar-refractivity contribution in [3.63, 3.8) is 0 Å². The molecule has 24 heavy (non-hydrogen) atoms. The molecule has 1 saturated heterocycles. The third-order valence-corrected chi connectivity index (χ3v) is 5.54. The first-order chi connectivity index (χ1) is 11.6. The van der Waals surface area contributed by atoms with Crippen molar-refractivity contribution in [3.8, 4) is 0 Å². The van der Waals surface area contributed by atoms with E-state index in [4.69, 9.17) is 0 Å². The molecule has 3 rings (SSSR count). The number of hydrogen-bond donors (Lipinski definition) is 1. The zero-order chi connectivity index (χ0) is 17.1. The van der Waals surface area contributed by atoms with Gasteiger partial charge in [0.1, 0.15) is 0 Å². The molecule has 1 N–H and O–H groups in total. The first-order valence-corrected chi connectivity index (χ1v) is 9.38. The number of aryl methyl sites for hydroxylation is 1. The molecule has 4 nitrogen and oxygen atoms in total. The fourth-order valence-electron chi connectivity index (χ4n) is 4.26. The van der Waals surface area contributed by atoms with Crippen LogP contribution in [0.4, 0.5) is 5.69 Å². The van der Waals surface area contributed by atoms with Gasteiger partial charge in [0.15, 0.2) is 0 Å². The molecule has 3 atom stereocenters. The quantitative estimate of drug-likeness (QED) is 0.903. The number of rotatable bonds is 5. The maximum atomic E-state index is 12.7. The van der Waals surface area contributed by atoms with Crippen LogP contribution in [-0.4, -0.2) is 47.2 Å². The van der Waals surface area contributed by atoms with Crippen molar-refractivity contribution >= 4 is 11.6 Å². The van der Waals surface area contributed by atoms with Gasteiger partial charge >= 0.3 is 0 Å². The Morgan fingerprint density at radius 2 is 2.12 bits per heavy atom. The Bertz CT molecular complexity index is 573. The highest BCUT2D eigenvalue weighted by Gasteiger charge is 2.30. The summed E-state index contributed by atoms with van der Waals surface area (Å²) >= 11 is 0. The van der Waals surface area contributed by atoms with Crippen LogP contribution in [0.15, 0.2) is 24.3 Å². The minimum absolute atomic E-state index is 0.226. The predicted octanol–water partition coefficient (Wildman–Crippen LogP) is 2.98. The van der Waals surface area contributed by atoms with E-state index in [-0.39, 0.29) is 18.1 Å². The molecule has 2 aliphatic rings. The topological polar surface area (TPSA) is 43.8 Å². The van der Waals surface area contributed by atoms with Crippen LogP contribution in [0.5, 0.6) is 0 Å². The minimum Gasteiger partial charge on any atom is -0.393 e. The molecule has 2 aliphatic heterocycles. The van der Waals surface area contributed by atoms with E-state index in [1.165, 1.54) is 11.3 Å². The molecule has 1 amide bonds. The number of aliphatic hydroxyl groups is 1. The van der Waals surface area contributed by atoms with Crippen molar-refractivity contribution in [1.82, 2.24) is 4.90 Å². The number of benzene rings is 1. The Morgan fingerprint density at radius 1 is 1.33 bits per heavy atom. The Kier molecular flexibility index (Phi) is 5.44. The molecule has 0 aliphatic carbocycles. The average Bonchev–Trinajstić information content (AvgIpc) is 3.01. The summed E-state index contributed by atoms with van der Waals surface area (Å²) in [5.74, 6) is 0.244. The van der Waals surface area contributed by atoms with Crippen molar-refractivity contribution in [3.05, 3.63) is 29.8 Å². The van der Waals surface area contributed by atoms with Crippen molar-refractivity contribution in [1.29, 1.82) is 0 Å². The number of carbonyl (C=O) groups excluding carboxylic acids is 1. The third-order valence-electron chi connectivity index (χ3n) is 5.54. The van der Waals surface area contributed by atoms with Crippen LogP contribution in [0.2, 0.25) is 0 Å². The molecule has 0 aromatic heterocycles. The van der Waals surface area contributed by atoms with E-state index in [1.807, 2.05) is 11.8 Å². The summed E-state index contributed by atoms with van der Waals surface area (Å²) in [6, 6.07) is 9.29. The van der Waals surface area contributed by atoms with Gasteiger partial charge in [-0.15, -0.1) is 0 Å². The van der Waals surface area contributed by atoms with E-state index < -0.39 is 0 Å². The van der Waals surface area contributed by atoms with E-state index >= 15 is 0 Å². The molecule has 132 valence electrons. The smallest absolute Gasteiger partial charge is 0.224 e. The number of carbonyl (C=O) groups is 1. The maximum Gasteiger partial charge on any atom is 0.224 e. The van der Waals surface area contributed by atoms with Crippen LogP contribution in [0.3, 0.4) is 0 Å². The number of aliphatic hydroxyl groups excluding tert-OH is 1. The molecule has 1 aromatic carbocycles. The summed E-state index contributed by atoms with van der Waals surface area (Å²) in [6.07, 6.45) is 5.30. The van der Waals surface area contributed by atoms with E-state index in [2.05, 4.69) is 36.1 Å². The highest BCUT2D eigenvalue weighted by molar-refractivity contribution is 5.77. The molecule has 1 fully saturated rings. The van der Waals surface area contributed by atoms with Crippen LogP contribution in [0, 0.1) is 0 Å². The van der Waals surface area contributed by atoms with E-state index in [9.17, 15) is 9.90 Å². The summed E-state index contributed by atoms with van der Waals surface area (Å²) in [5, 5.41) is 9.64. The first-order valence-electron chi connectivity index (χ1n) is 9.38. The minimum atomic E-state index is -0.336. The largest absolute Gasteiger partial charge is 0.393 e. The monoisotopic (exact) mass is 330 g/mol. The van der Waals surface area contributed by atoms with Crippen LogP contribution in [-0.2, 0) is 11.2 Å². The summed E-state index contributed by atoms with van der Waals surface area (Å²) in [5.41, 5.74) is 2.70. The predicted molar refractivity (Wildman–Crippen MR) is 97.2 cm³/mol. The Labute approximate surface area is 145 Å². The number of fused-ring (bicyclic) bond motifs is 1. The Hall–Kier alpha value is -1.55. The van der Waals surface area contributed by atoms with Gasteiger partial charge in [0.2, 0.25) is 5.91 Å². The second kappa shape index (κ2) is 7.56.